The van der Waals surface area contributed by atoms with Crippen LogP contribution >= 0.6 is 11.3 Å². The zero-order chi connectivity index (χ0) is 17.8. The standard InChI is InChI=1S/C21H25N3OS/c25-20-17-13-18(15-9-5-4-6-10-15)26-21(17)24-19(23-20)14-22-16-11-7-2-1-3-8-12-16/h4-6,9-10,13,16,22H,1-3,7-8,11-12,14H2,(H,23,24,25)/p+1. The molecule has 0 spiro atoms. The molecule has 1 aromatic carbocycles. The van der Waals surface area contributed by atoms with Crippen molar-refractivity contribution in [2.24, 2.45) is 0 Å². The summed E-state index contributed by atoms with van der Waals surface area (Å²) in [6, 6.07) is 12.8. The first kappa shape index (κ1) is 17.4. The molecule has 4 nitrogen and oxygen atoms in total. The van der Waals surface area contributed by atoms with E-state index < -0.39 is 0 Å². The third-order valence-electron chi connectivity index (χ3n) is 5.30. The van der Waals surface area contributed by atoms with Gasteiger partial charge in [-0.25, -0.2) is 4.98 Å². The van der Waals surface area contributed by atoms with Gasteiger partial charge >= 0.3 is 0 Å². The Kier molecular flexibility index (Phi) is 5.46. The van der Waals surface area contributed by atoms with E-state index in [-0.39, 0.29) is 5.56 Å². The van der Waals surface area contributed by atoms with Crippen molar-refractivity contribution < 1.29 is 5.32 Å². The molecule has 136 valence electrons. The smallest absolute Gasteiger partial charge is 0.259 e. The van der Waals surface area contributed by atoms with Crippen LogP contribution < -0.4 is 10.9 Å². The Hall–Kier alpha value is -1.98. The van der Waals surface area contributed by atoms with Crippen LogP contribution in [0.3, 0.4) is 0 Å². The maximum atomic E-state index is 12.5. The minimum Gasteiger partial charge on any atom is -0.338 e. The van der Waals surface area contributed by atoms with Crippen molar-refractivity contribution in [1.29, 1.82) is 0 Å². The highest BCUT2D eigenvalue weighted by molar-refractivity contribution is 7.21. The van der Waals surface area contributed by atoms with E-state index in [0.717, 1.165) is 27.6 Å². The molecule has 0 saturated heterocycles. The van der Waals surface area contributed by atoms with E-state index in [1.54, 1.807) is 11.3 Å². The fourth-order valence-corrected chi connectivity index (χ4v) is 4.88. The molecule has 1 aliphatic rings. The number of rotatable bonds is 4. The molecule has 3 aromatic rings. The van der Waals surface area contributed by atoms with Crippen LogP contribution in [0.1, 0.15) is 50.8 Å². The number of quaternary nitrogens is 1. The number of fused-ring (bicyclic) bond motifs is 1. The van der Waals surface area contributed by atoms with Crippen molar-refractivity contribution in [3.8, 4) is 10.4 Å². The van der Waals surface area contributed by atoms with Crippen LogP contribution in [0.5, 0.6) is 0 Å². The van der Waals surface area contributed by atoms with Gasteiger partial charge in [-0.3, -0.25) is 4.79 Å². The number of hydrogen-bond donors (Lipinski definition) is 2. The summed E-state index contributed by atoms with van der Waals surface area (Å²) in [5.74, 6) is 0.797. The topological polar surface area (TPSA) is 62.4 Å². The Morgan fingerprint density at radius 3 is 2.58 bits per heavy atom. The van der Waals surface area contributed by atoms with Gasteiger partial charge in [-0.2, -0.15) is 0 Å². The lowest BCUT2D eigenvalue weighted by Crippen LogP contribution is -2.88. The van der Waals surface area contributed by atoms with Crippen LogP contribution in [0.25, 0.3) is 20.7 Å². The summed E-state index contributed by atoms with van der Waals surface area (Å²) in [5.41, 5.74) is 1.12. The zero-order valence-electron chi connectivity index (χ0n) is 15.0. The van der Waals surface area contributed by atoms with Gasteiger partial charge in [0.1, 0.15) is 11.4 Å². The molecule has 5 heteroatoms. The van der Waals surface area contributed by atoms with E-state index in [1.165, 1.54) is 44.9 Å². The number of thiophene rings is 1. The largest absolute Gasteiger partial charge is 0.338 e. The van der Waals surface area contributed by atoms with Crippen LogP contribution in [0, 0.1) is 0 Å². The number of aromatic amines is 1. The first-order valence-electron chi connectivity index (χ1n) is 9.71. The number of H-pyrrole nitrogens is 1. The van der Waals surface area contributed by atoms with Crippen molar-refractivity contribution in [3.63, 3.8) is 0 Å². The van der Waals surface area contributed by atoms with Crippen molar-refractivity contribution in [1.82, 2.24) is 9.97 Å². The molecule has 1 aliphatic carbocycles. The minimum absolute atomic E-state index is 0.0190. The van der Waals surface area contributed by atoms with Crippen LogP contribution in [0.15, 0.2) is 41.2 Å². The molecule has 0 aliphatic heterocycles. The molecule has 1 fully saturated rings. The van der Waals surface area contributed by atoms with Crippen molar-refractivity contribution >= 4 is 21.6 Å². The molecule has 26 heavy (non-hydrogen) atoms. The Morgan fingerprint density at radius 1 is 1.08 bits per heavy atom. The van der Waals surface area contributed by atoms with Gasteiger partial charge in [-0.15, -0.1) is 11.3 Å². The molecular weight excluding hydrogens is 342 g/mol. The van der Waals surface area contributed by atoms with E-state index in [0.29, 0.717) is 11.4 Å². The molecule has 0 radical (unpaired) electrons. The number of nitrogens with one attached hydrogen (secondary N) is 1. The van der Waals surface area contributed by atoms with Crippen molar-refractivity contribution in [2.75, 3.05) is 0 Å². The Morgan fingerprint density at radius 2 is 1.81 bits per heavy atom. The van der Waals surface area contributed by atoms with Crippen molar-refractivity contribution in [2.45, 2.75) is 57.5 Å². The van der Waals surface area contributed by atoms with Crippen molar-refractivity contribution in [3.05, 3.63) is 52.6 Å². The van der Waals surface area contributed by atoms with Gasteiger partial charge in [-0.05, 0) is 37.3 Å². The van der Waals surface area contributed by atoms with Gasteiger partial charge in [0.05, 0.1) is 11.4 Å². The SMILES string of the molecule is O=c1[nH]c(C[NH2+]C2CCCCCCC2)nc2sc(-c3ccccc3)cc12. The molecule has 0 unspecified atom stereocenters. The molecule has 4 rings (SSSR count). The second-order valence-corrected chi connectivity index (χ2v) is 8.28. The summed E-state index contributed by atoms with van der Waals surface area (Å²) in [6.45, 7) is 0.758. The van der Waals surface area contributed by atoms with Gasteiger partial charge in [-0.1, -0.05) is 49.6 Å². The van der Waals surface area contributed by atoms with Gasteiger partial charge in [0.15, 0.2) is 5.82 Å². The maximum Gasteiger partial charge on any atom is 0.259 e. The van der Waals surface area contributed by atoms with Crippen LogP contribution in [-0.2, 0) is 6.54 Å². The quantitative estimate of drug-likeness (QED) is 0.735. The van der Waals surface area contributed by atoms with E-state index in [9.17, 15) is 4.79 Å². The summed E-state index contributed by atoms with van der Waals surface area (Å²) in [6.07, 6.45) is 9.34. The molecule has 3 N–H and O–H groups in total. The molecule has 2 aromatic heterocycles. The molecule has 0 atom stereocenters. The molecule has 1 saturated carbocycles. The van der Waals surface area contributed by atoms with Crippen LogP contribution in [0.4, 0.5) is 0 Å². The highest BCUT2D eigenvalue weighted by Gasteiger charge is 2.16. The van der Waals surface area contributed by atoms with Crippen LogP contribution in [-0.4, -0.2) is 16.0 Å². The minimum atomic E-state index is -0.0190. The van der Waals surface area contributed by atoms with Gasteiger partial charge < -0.3 is 10.3 Å². The number of aromatic nitrogens is 2. The highest BCUT2D eigenvalue weighted by atomic mass is 32.1. The van der Waals surface area contributed by atoms with Crippen LogP contribution in [0.2, 0.25) is 0 Å². The first-order chi connectivity index (χ1) is 12.8. The maximum absolute atomic E-state index is 12.5. The summed E-state index contributed by atoms with van der Waals surface area (Å²) >= 11 is 1.60. The normalized spacial score (nSPS) is 16.5. The van der Waals surface area contributed by atoms with Gasteiger partial charge in [0, 0.05) is 4.88 Å². The first-order valence-corrected chi connectivity index (χ1v) is 10.5. The molecule has 0 bridgehead atoms. The Labute approximate surface area is 157 Å². The lowest BCUT2D eigenvalue weighted by molar-refractivity contribution is -0.706. The highest BCUT2D eigenvalue weighted by Crippen LogP contribution is 2.30. The predicted octanol–water partition coefficient (Wildman–Crippen LogP) is 3.83. The lowest BCUT2D eigenvalue weighted by atomic mass is 9.97. The van der Waals surface area contributed by atoms with E-state index >= 15 is 0 Å². The predicted molar refractivity (Wildman–Crippen MR) is 107 cm³/mol. The fraction of sp³-hybridized carbons (Fsp3) is 0.429. The van der Waals surface area contributed by atoms with E-state index in [4.69, 9.17) is 4.98 Å². The Bertz CT molecular complexity index is 908. The van der Waals surface area contributed by atoms with E-state index in [1.807, 2.05) is 24.3 Å². The molecule has 2 heterocycles. The number of nitrogens with two attached hydrogens (primary N) is 1. The fourth-order valence-electron chi connectivity index (χ4n) is 3.82. The third kappa shape index (κ3) is 4.05. The summed E-state index contributed by atoms with van der Waals surface area (Å²) < 4.78 is 0. The summed E-state index contributed by atoms with van der Waals surface area (Å²) in [7, 11) is 0. The average molecular weight is 369 g/mol. The van der Waals surface area contributed by atoms with Gasteiger partial charge in [0.2, 0.25) is 0 Å². The number of hydrogen-bond acceptors (Lipinski definition) is 3. The van der Waals surface area contributed by atoms with Gasteiger partial charge in [0.25, 0.3) is 5.56 Å². The monoisotopic (exact) mass is 368 g/mol. The summed E-state index contributed by atoms with van der Waals surface area (Å²) in [4.78, 5) is 22.2. The molecular formula is C21H26N3OS+. The zero-order valence-corrected chi connectivity index (χ0v) is 15.9. The second kappa shape index (κ2) is 8.14. The Balaban J connectivity index is 1.52. The third-order valence-corrected chi connectivity index (χ3v) is 6.38. The molecule has 0 amide bonds. The number of nitrogens with zero attached hydrogens (tertiary/aromatic N) is 1. The summed E-state index contributed by atoms with van der Waals surface area (Å²) in [5, 5.41) is 3.07. The van der Waals surface area contributed by atoms with E-state index in [2.05, 4.69) is 22.4 Å². The lowest BCUT2D eigenvalue weighted by Gasteiger charge is -2.17. The number of benzene rings is 1. The second-order valence-electron chi connectivity index (χ2n) is 7.25. The average Bonchev–Trinajstić information content (AvgIpc) is 3.06.